The van der Waals surface area contributed by atoms with Gasteiger partial charge in [0, 0.05) is 11.8 Å². The molecular formula is C18H19NO4S. The van der Waals surface area contributed by atoms with Gasteiger partial charge >= 0.3 is 0 Å². The number of benzene rings is 2. The Hall–Kier alpha value is -2.21. The number of nitrogens with one attached hydrogen (secondary N) is 1. The van der Waals surface area contributed by atoms with Crippen LogP contribution in [0.25, 0.3) is 0 Å². The SMILES string of the molecule is O=S(=O)(Nc1ccc2c(c1)CCCC2)c1ccc2c(c1)OCCO2. The van der Waals surface area contributed by atoms with Crippen LogP contribution in [-0.2, 0) is 22.9 Å². The Morgan fingerprint density at radius 1 is 0.833 bits per heavy atom. The number of rotatable bonds is 3. The lowest BCUT2D eigenvalue weighted by Gasteiger charge is -2.19. The normalized spacial score (nSPS) is 16.3. The quantitative estimate of drug-likeness (QED) is 0.928. The second-order valence-electron chi connectivity index (χ2n) is 6.10. The van der Waals surface area contributed by atoms with E-state index >= 15 is 0 Å². The number of hydrogen-bond donors (Lipinski definition) is 1. The van der Waals surface area contributed by atoms with E-state index in [1.165, 1.54) is 29.7 Å². The molecule has 6 heteroatoms. The van der Waals surface area contributed by atoms with E-state index in [9.17, 15) is 8.42 Å². The van der Waals surface area contributed by atoms with Crippen molar-refractivity contribution in [3.05, 3.63) is 47.5 Å². The standard InChI is InChI=1S/C18H19NO4S/c20-24(21,16-7-8-17-18(12-16)23-10-9-22-17)19-15-6-5-13-3-1-2-4-14(13)11-15/h5-8,11-12,19H,1-4,9-10H2. The van der Waals surface area contributed by atoms with Crippen LogP contribution in [0.2, 0.25) is 0 Å². The molecule has 1 N–H and O–H groups in total. The molecule has 0 fully saturated rings. The van der Waals surface area contributed by atoms with Gasteiger partial charge < -0.3 is 9.47 Å². The van der Waals surface area contributed by atoms with Gasteiger partial charge in [0.1, 0.15) is 13.2 Å². The zero-order valence-electron chi connectivity index (χ0n) is 13.2. The van der Waals surface area contributed by atoms with Gasteiger partial charge in [-0.05, 0) is 61.1 Å². The van der Waals surface area contributed by atoms with Crippen molar-refractivity contribution in [1.29, 1.82) is 0 Å². The van der Waals surface area contributed by atoms with E-state index in [1.807, 2.05) is 18.2 Å². The van der Waals surface area contributed by atoms with Crippen molar-refractivity contribution >= 4 is 15.7 Å². The summed E-state index contributed by atoms with van der Waals surface area (Å²) in [6.45, 7) is 0.904. The highest BCUT2D eigenvalue weighted by Crippen LogP contribution is 2.33. The molecule has 1 aliphatic carbocycles. The molecule has 1 heterocycles. The molecule has 0 amide bonds. The van der Waals surface area contributed by atoms with Crippen LogP contribution in [0, 0.1) is 0 Å². The average Bonchev–Trinajstić information content (AvgIpc) is 2.61. The second-order valence-corrected chi connectivity index (χ2v) is 7.78. The molecule has 2 aliphatic rings. The minimum Gasteiger partial charge on any atom is -0.486 e. The van der Waals surface area contributed by atoms with Crippen molar-refractivity contribution in [3.63, 3.8) is 0 Å². The topological polar surface area (TPSA) is 64.6 Å². The molecule has 1 aliphatic heterocycles. The molecule has 0 saturated heterocycles. The van der Waals surface area contributed by atoms with E-state index in [2.05, 4.69) is 4.72 Å². The summed E-state index contributed by atoms with van der Waals surface area (Å²) in [6, 6.07) is 10.5. The van der Waals surface area contributed by atoms with Gasteiger partial charge in [0.25, 0.3) is 10.0 Å². The lowest BCUT2D eigenvalue weighted by molar-refractivity contribution is 0.171. The average molecular weight is 345 g/mol. The maximum absolute atomic E-state index is 12.6. The van der Waals surface area contributed by atoms with Gasteiger partial charge in [-0.3, -0.25) is 4.72 Å². The van der Waals surface area contributed by atoms with Crippen molar-refractivity contribution in [2.45, 2.75) is 30.6 Å². The van der Waals surface area contributed by atoms with Gasteiger partial charge in [-0.15, -0.1) is 0 Å². The summed E-state index contributed by atoms with van der Waals surface area (Å²) in [6.07, 6.45) is 4.44. The van der Waals surface area contributed by atoms with Crippen molar-refractivity contribution in [2.24, 2.45) is 0 Å². The second kappa shape index (κ2) is 6.02. The number of sulfonamides is 1. The van der Waals surface area contributed by atoms with E-state index in [0.29, 0.717) is 30.4 Å². The molecule has 4 rings (SSSR count). The number of ether oxygens (including phenoxy) is 2. The Labute approximate surface area is 141 Å². The largest absolute Gasteiger partial charge is 0.486 e. The molecule has 0 atom stereocenters. The van der Waals surface area contributed by atoms with Crippen LogP contribution in [-0.4, -0.2) is 21.6 Å². The van der Waals surface area contributed by atoms with E-state index in [4.69, 9.17) is 9.47 Å². The van der Waals surface area contributed by atoms with Crippen molar-refractivity contribution in [2.75, 3.05) is 17.9 Å². The minimum atomic E-state index is -3.66. The third kappa shape index (κ3) is 2.94. The molecular weight excluding hydrogens is 326 g/mol. The Bertz CT molecular complexity index is 877. The number of anilines is 1. The van der Waals surface area contributed by atoms with E-state index in [1.54, 1.807) is 6.07 Å². The molecule has 2 aromatic carbocycles. The van der Waals surface area contributed by atoms with E-state index in [-0.39, 0.29) is 4.90 Å². The van der Waals surface area contributed by atoms with Gasteiger partial charge in [-0.1, -0.05) is 6.07 Å². The highest BCUT2D eigenvalue weighted by Gasteiger charge is 2.20. The van der Waals surface area contributed by atoms with Crippen LogP contribution in [0.3, 0.4) is 0 Å². The lowest BCUT2D eigenvalue weighted by Crippen LogP contribution is -2.17. The summed E-state index contributed by atoms with van der Waals surface area (Å²) in [4.78, 5) is 0.171. The summed E-state index contributed by atoms with van der Waals surface area (Å²) < 4.78 is 38.9. The number of fused-ring (bicyclic) bond motifs is 2. The maximum atomic E-state index is 12.6. The fourth-order valence-electron chi connectivity index (χ4n) is 3.20. The minimum absolute atomic E-state index is 0.171. The van der Waals surface area contributed by atoms with E-state index in [0.717, 1.165) is 19.3 Å². The molecule has 126 valence electrons. The Balaban J connectivity index is 1.61. The molecule has 0 spiro atoms. The van der Waals surface area contributed by atoms with Gasteiger partial charge in [-0.25, -0.2) is 8.42 Å². The Morgan fingerprint density at radius 2 is 1.58 bits per heavy atom. The molecule has 0 bridgehead atoms. The van der Waals surface area contributed by atoms with Gasteiger partial charge in [0.2, 0.25) is 0 Å². The lowest BCUT2D eigenvalue weighted by atomic mass is 9.91. The van der Waals surface area contributed by atoms with Crippen molar-refractivity contribution in [3.8, 4) is 11.5 Å². The first-order chi connectivity index (χ1) is 11.6. The van der Waals surface area contributed by atoms with Crippen LogP contribution < -0.4 is 14.2 Å². The first-order valence-corrected chi connectivity index (χ1v) is 9.64. The summed E-state index contributed by atoms with van der Waals surface area (Å²) in [5.74, 6) is 1.04. The zero-order valence-corrected chi connectivity index (χ0v) is 14.1. The zero-order chi connectivity index (χ0) is 16.6. The molecule has 0 saturated carbocycles. The van der Waals surface area contributed by atoms with E-state index < -0.39 is 10.0 Å². The van der Waals surface area contributed by atoms with Crippen LogP contribution in [0.5, 0.6) is 11.5 Å². The maximum Gasteiger partial charge on any atom is 0.262 e. The molecule has 24 heavy (non-hydrogen) atoms. The predicted molar refractivity (Wildman–Crippen MR) is 91.3 cm³/mol. The predicted octanol–water partition coefficient (Wildman–Crippen LogP) is 3.14. The van der Waals surface area contributed by atoms with Gasteiger partial charge in [0.15, 0.2) is 11.5 Å². The van der Waals surface area contributed by atoms with Crippen LogP contribution in [0.15, 0.2) is 41.3 Å². The number of hydrogen-bond acceptors (Lipinski definition) is 4. The molecule has 0 unspecified atom stereocenters. The highest BCUT2D eigenvalue weighted by atomic mass is 32.2. The summed E-state index contributed by atoms with van der Waals surface area (Å²) in [5, 5.41) is 0. The first kappa shape index (κ1) is 15.3. The highest BCUT2D eigenvalue weighted by molar-refractivity contribution is 7.92. The molecule has 2 aromatic rings. The number of aryl methyl sites for hydroxylation is 2. The third-order valence-corrected chi connectivity index (χ3v) is 5.80. The summed E-state index contributed by atoms with van der Waals surface area (Å²) >= 11 is 0. The first-order valence-electron chi connectivity index (χ1n) is 8.16. The monoisotopic (exact) mass is 345 g/mol. The molecule has 0 aromatic heterocycles. The summed E-state index contributed by atoms with van der Waals surface area (Å²) in [7, 11) is -3.66. The fourth-order valence-corrected chi connectivity index (χ4v) is 4.27. The molecule has 0 radical (unpaired) electrons. The fraction of sp³-hybridized carbons (Fsp3) is 0.333. The van der Waals surface area contributed by atoms with Crippen LogP contribution in [0.4, 0.5) is 5.69 Å². The third-order valence-electron chi connectivity index (χ3n) is 4.42. The Morgan fingerprint density at radius 3 is 2.42 bits per heavy atom. The smallest absolute Gasteiger partial charge is 0.262 e. The van der Waals surface area contributed by atoms with Gasteiger partial charge in [0.05, 0.1) is 4.90 Å². The van der Waals surface area contributed by atoms with Crippen LogP contribution >= 0.6 is 0 Å². The Kier molecular flexibility index (Phi) is 3.84. The molecule has 5 nitrogen and oxygen atoms in total. The van der Waals surface area contributed by atoms with Crippen molar-refractivity contribution < 1.29 is 17.9 Å². The van der Waals surface area contributed by atoms with Crippen molar-refractivity contribution in [1.82, 2.24) is 0 Å². The van der Waals surface area contributed by atoms with Crippen LogP contribution in [0.1, 0.15) is 24.0 Å². The summed E-state index contributed by atoms with van der Waals surface area (Å²) in [5.41, 5.74) is 3.16. The van der Waals surface area contributed by atoms with Gasteiger partial charge in [-0.2, -0.15) is 0 Å².